The Hall–Kier alpha value is -1.03. The molecule has 0 unspecified atom stereocenters. The van der Waals surface area contributed by atoms with E-state index in [1.165, 1.54) is 5.56 Å². The average Bonchev–Trinajstić information content (AvgIpc) is 2.25. The van der Waals surface area contributed by atoms with Crippen LogP contribution >= 0.6 is 22.6 Å². The molecule has 2 heteroatoms. The highest BCUT2D eigenvalue weighted by atomic mass is 127. The van der Waals surface area contributed by atoms with Crippen LogP contribution in [0.25, 0.3) is 0 Å². The predicted molar refractivity (Wildman–Crippen MR) is 70.1 cm³/mol. The first kappa shape index (κ1) is 10.5. The smallest absolute Gasteiger partial charge is 0.119 e. The van der Waals surface area contributed by atoms with E-state index >= 15 is 0 Å². The zero-order valence-corrected chi connectivity index (χ0v) is 10.3. The van der Waals surface area contributed by atoms with E-state index in [-0.39, 0.29) is 0 Å². The van der Waals surface area contributed by atoms with E-state index in [4.69, 9.17) is 0 Å². The Labute approximate surface area is 103 Å². The Balaban J connectivity index is 2.28. The maximum atomic E-state index is 9.69. The van der Waals surface area contributed by atoms with Crippen molar-refractivity contribution in [2.45, 2.75) is 6.42 Å². The van der Waals surface area contributed by atoms with E-state index in [0.29, 0.717) is 5.75 Å². The maximum absolute atomic E-state index is 9.69. The van der Waals surface area contributed by atoms with Crippen LogP contribution in [0.5, 0.6) is 5.75 Å². The van der Waals surface area contributed by atoms with Gasteiger partial charge in [0.05, 0.1) is 0 Å². The SMILES string of the molecule is Oc1ccc(I)cc1Cc1ccccc1. The molecule has 0 aliphatic heterocycles. The van der Waals surface area contributed by atoms with Gasteiger partial charge in [0.2, 0.25) is 0 Å². The molecule has 2 aromatic rings. The molecule has 1 nitrogen and oxygen atoms in total. The summed E-state index contributed by atoms with van der Waals surface area (Å²) in [5.74, 6) is 0.374. The largest absolute Gasteiger partial charge is 0.508 e. The molecule has 0 radical (unpaired) electrons. The van der Waals surface area contributed by atoms with E-state index < -0.39 is 0 Å². The zero-order valence-electron chi connectivity index (χ0n) is 8.15. The van der Waals surface area contributed by atoms with Gasteiger partial charge in [0, 0.05) is 9.99 Å². The van der Waals surface area contributed by atoms with E-state index in [1.807, 2.05) is 30.3 Å². The predicted octanol–water partition coefficient (Wildman–Crippen LogP) is 3.59. The quantitative estimate of drug-likeness (QED) is 0.841. The number of phenols is 1. The van der Waals surface area contributed by atoms with Crippen molar-refractivity contribution in [1.29, 1.82) is 0 Å². The second-order valence-electron chi connectivity index (χ2n) is 3.44. The van der Waals surface area contributed by atoms with Gasteiger partial charge in [-0.25, -0.2) is 0 Å². The monoisotopic (exact) mass is 310 g/mol. The summed E-state index contributed by atoms with van der Waals surface area (Å²) >= 11 is 2.25. The van der Waals surface area contributed by atoms with Crippen LogP contribution in [0.15, 0.2) is 48.5 Å². The second kappa shape index (κ2) is 4.66. The third kappa shape index (κ3) is 2.72. The third-order valence-electron chi connectivity index (χ3n) is 2.28. The molecule has 76 valence electrons. The van der Waals surface area contributed by atoms with Gasteiger partial charge >= 0.3 is 0 Å². The minimum absolute atomic E-state index is 0.374. The number of phenolic OH excluding ortho intramolecular Hbond substituents is 1. The molecule has 0 spiro atoms. The first-order valence-electron chi connectivity index (χ1n) is 4.77. The lowest BCUT2D eigenvalue weighted by molar-refractivity contribution is 0.469. The molecule has 0 heterocycles. The van der Waals surface area contributed by atoms with Crippen molar-refractivity contribution in [3.8, 4) is 5.75 Å². The average molecular weight is 310 g/mol. The van der Waals surface area contributed by atoms with Crippen LogP contribution in [0.3, 0.4) is 0 Å². The van der Waals surface area contributed by atoms with Crippen molar-refractivity contribution in [2.24, 2.45) is 0 Å². The number of rotatable bonds is 2. The van der Waals surface area contributed by atoms with Crippen molar-refractivity contribution >= 4 is 22.6 Å². The molecule has 0 fully saturated rings. The van der Waals surface area contributed by atoms with Gasteiger partial charge < -0.3 is 5.11 Å². The molecule has 0 saturated carbocycles. The lowest BCUT2D eigenvalue weighted by Crippen LogP contribution is -1.89. The first-order valence-corrected chi connectivity index (χ1v) is 5.85. The number of benzene rings is 2. The molecular weight excluding hydrogens is 299 g/mol. The number of hydrogen-bond donors (Lipinski definition) is 1. The lowest BCUT2D eigenvalue weighted by atomic mass is 10.0. The van der Waals surface area contributed by atoms with Crippen molar-refractivity contribution in [3.63, 3.8) is 0 Å². The molecule has 2 aromatic carbocycles. The van der Waals surface area contributed by atoms with Gasteiger partial charge in [0.1, 0.15) is 5.75 Å². The van der Waals surface area contributed by atoms with E-state index in [9.17, 15) is 5.11 Å². The summed E-state index contributed by atoms with van der Waals surface area (Å²) in [6.45, 7) is 0. The molecule has 15 heavy (non-hydrogen) atoms. The number of halogens is 1. The van der Waals surface area contributed by atoms with E-state index in [2.05, 4.69) is 34.7 Å². The molecule has 0 saturated heterocycles. The minimum Gasteiger partial charge on any atom is -0.508 e. The molecule has 0 aliphatic carbocycles. The Morgan fingerprint density at radius 1 is 1.00 bits per heavy atom. The van der Waals surface area contributed by atoms with Crippen LogP contribution in [0.2, 0.25) is 0 Å². The fraction of sp³-hybridized carbons (Fsp3) is 0.0769. The van der Waals surface area contributed by atoms with Gasteiger partial charge in [-0.3, -0.25) is 0 Å². The topological polar surface area (TPSA) is 20.2 Å². The molecule has 0 aromatic heterocycles. The highest BCUT2D eigenvalue weighted by Crippen LogP contribution is 2.22. The highest BCUT2D eigenvalue weighted by Gasteiger charge is 2.02. The maximum Gasteiger partial charge on any atom is 0.119 e. The Bertz CT molecular complexity index is 451. The fourth-order valence-electron chi connectivity index (χ4n) is 1.51. The molecular formula is C13H11IO. The normalized spacial score (nSPS) is 10.2. The third-order valence-corrected chi connectivity index (χ3v) is 2.95. The van der Waals surface area contributed by atoms with E-state index in [1.54, 1.807) is 6.07 Å². The molecule has 0 atom stereocenters. The van der Waals surface area contributed by atoms with Crippen molar-refractivity contribution in [2.75, 3.05) is 0 Å². The minimum atomic E-state index is 0.374. The molecule has 1 N–H and O–H groups in total. The summed E-state index contributed by atoms with van der Waals surface area (Å²) in [7, 11) is 0. The van der Waals surface area contributed by atoms with Gasteiger partial charge in [0.25, 0.3) is 0 Å². The first-order chi connectivity index (χ1) is 7.25. The summed E-state index contributed by atoms with van der Waals surface area (Å²) in [6, 6.07) is 15.8. The molecule has 2 rings (SSSR count). The summed E-state index contributed by atoms with van der Waals surface area (Å²) in [5.41, 5.74) is 2.20. The van der Waals surface area contributed by atoms with E-state index in [0.717, 1.165) is 15.6 Å². The van der Waals surface area contributed by atoms with Gasteiger partial charge in [-0.2, -0.15) is 0 Å². The molecule has 0 aliphatic rings. The van der Waals surface area contributed by atoms with Crippen LogP contribution in [0.4, 0.5) is 0 Å². The Morgan fingerprint density at radius 2 is 1.73 bits per heavy atom. The van der Waals surface area contributed by atoms with Crippen molar-refractivity contribution in [3.05, 3.63) is 63.2 Å². The Kier molecular flexibility index (Phi) is 3.26. The number of aromatic hydroxyl groups is 1. The molecule has 0 bridgehead atoms. The van der Waals surface area contributed by atoms with Crippen LogP contribution in [-0.4, -0.2) is 5.11 Å². The summed E-state index contributed by atoms with van der Waals surface area (Å²) in [6.07, 6.45) is 0.781. The van der Waals surface area contributed by atoms with Crippen LogP contribution < -0.4 is 0 Å². The zero-order chi connectivity index (χ0) is 10.7. The lowest BCUT2D eigenvalue weighted by Gasteiger charge is -2.05. The summed E-state index contributed by atoms with van der Waals surface area (Å²) in [5, 5.41) is 9.69. The Morgan fingerprint density at radius 3 is 2.47 bits per heavy atom. The summed E-state index contributed by atoms with van der Waals surface area (Å²) < 4.78 is 1.15. The fourth-order valence-corrected chi connectivity index (χ4v) is 2.07. The molecule has 0 amide bonds. The highest BCUT2D eigenvalue weighted by molar-refractivity contribution is 14.1. The standard InChI is InChI=1S/C13H11IO/c14-12-6-7-13(15)11(9-12)8-10-4-2-1-3-5-10/h1-7,9,15H,8H2. The van der Waals surface area contributed by atoms with Gasteiger partial charge in [-0.1, -0.05) is 30.3 Å². The van der Waals surface area contributed by atoms with Crippen molar-refractivity contribution in [1.82, 2.24) is 0 Å². The van der Waals surface area contributed by atoms with Crippen molar-refractivity contribution < 1.29 is 5.11 Å². The summed E-state index contributed by atoms with van der Waals surface area (Å²) in [4.78, 5) is 0. The van der Waals surface area contributed by atoms with Crippen LogP contribution in [0.1, 0.15) is 11.1 Å². The van der Waals surface area contributed by atoms with Crippen LogP contribution in [0, 0.1) is 3.57 Å². The van der Waals surface area contributed by atoms with Gasteiger partial charge in [0.15, 0.2) is 0 Å². The van der Waals surface area contributed by atoms with Gasteiger partial charge in [-0.15, -0.1) is 0 Å². The second-order valence-corrected chi connectivity index (χ2v) is 4.68. The van der Waals surface area contributed by atoms with Crippen LogP contribution in [-0.2, 0) is 6.42 Å². The van der Waals surface area contributed by atoms with Gasteiger partial charge in [-0.05, 0) is 51.9 Å². The number of hydrogen-bond acceptors (Lipinski definition) is 1.